The van der Waals surface area contributed by atoms with Gasteiger partial charge in [-0.1, -0.05) is 193 Å². The van der Waals surface area contributed by atoms with Crippen molar-refractivity contribution in [1.82, 2.24) is 0 Å². The molecule has 1 unspecified atom stereocenters. The summed E-state index contributed by atoms with van der Waals surface area (Å²) in [5, 5.41) is 10.0. The van der Waals surface area contributed by atoms with Gasteiger partial charge in [0.05, 0.1) is 0 Å². The Morgan fingerprint density at radius 3 is 1.37 bits per heavy atom. The first-order valence-corrected chi connectivity index (χ1v) is 22.2. The zero-order valence-electron chi connectivity index (χ0n) is 34.5. The molecule has 0 aromatic heterocycles. The summed E-state index contributed by atoms with van der Waals surface area (Å²) in [6.07, 6.45) is 43.6. The number of aliphatic hydroxyl groups excluding tert-OH is 1. The van der Waals surface area contributed by atoms with E-state index in [1.165, 1.54) is 109 Å². The largest absolute Gasteiger partial charge is 0.463 e. The summed E-state index contributed by atoms with van der Waals surface area (Å²) >= 11 is 0. The molecule has 6 nitrogen and oxygen atoms in total. The van der Waals surface area contributed by atoms with Gasteiger partial charge in [0, 0.05) is 19.3 Å². The number of unbranched alkanes of at least 4 members (excludes halogenated alkanes) is 24. The monoisotopic (exact) mass is 733 g/mol. The van der Waals surface area contributed by atoms with E-state index in [1.54, 1.807) is 6.08 Å². The van der Waals surface area contributed by atoms with Crippen molar-refractivity contribution in [2.75, 3.05) is 13.2 Å². The molecular formula is C46H84O6. The summed E-state index contributed by atoms with van der Waals surface area (Å²) < 4.78 is 10.3. The normalized spacial score (nSPS) is 12.8. The summed E-state index contributed by atoms with van der Waals surface area (Å²) in [6.45, 7) is 6.54. The van der Waals surface area contributed by atoms with Crippen LogP contribution < -0.4 is 0 Å². The van der Waals surface area contributed by atoms with Crippen LogP contribution in [-0.4, -0.2) is 42.1 Å². The first kappa shape index (κ1) is 50.1. The maximum absolute atomic E-state index is 12.0. The smallest absolute Gasteiger partial charge is 0.305 e. The van der Waals surface area contributed by atoms with E-state index in [1.807, 2.05) is 12.2 Å². The van der Waals surface area contributed by atoms with Crippen LogP contribution in [0.25, 0.3) is 0 Å². The summed E-state index contributed by atoms with van der Waals surface area (Å²) in [6, 6.07) is 0. The van der Waals surface area contributed by atoms with E-state index in [0.29, 0.717) is 19.3 Å². The molecule has 2 atom stereocenters. The summed E-state index contributed by atoms with van der Waals surface area (Å²) in [5.41, 5.74) is 0. The van der Waals surface area contributed by atoms with Crippen molar-refractivity contribution >= 4 is 17.7 Å². The molecule has 0 saturated heterocycles. The molecule has 0 aromatic carbocycles. The number of ether oxygens (including phenoxy) is 2. The number of rotatable bonds is 40. The molecule has 1 N–H and O–H groups in total. The average Bonchev–Trinajstić information content (AvgIpc) is 3.14. The molecule has 304 valence electrons. The highest BCUT2D eigenvalue weighted by Gasteiger charge is 2.12. The number of hydrogen-bond donors (Lipinski definition) is 1. The minimum atomic E-state index is -0.987. The first-order valence-electron chi connectivity index (χ1n) is 22.2. The molecule has 0 radical (unpaired) electrons. The van der Waals surface area contributed by atoms with Crippen molar-refractivity contribution in [1.29, 1.82) is 0 Å². The molecule has 0 aliphatic carbocycles. The topological polar surface area (TPSA) is 89.9 Å². The van der Waals surface area contributed by atoms with E-state index in [2.05, 4.69) is 26.8 Å². The van der Waals surface area contributed by atoms with Crippen LogP contribution in [0.1, 0.15) is 226 Å². The van der Waals surface area contributed by atoms with Crippen molar-refractivity contribution in [3.63, 3.8) is 0 Å². The van der Waals surface area contributed by atoms with Crippen molar-refractivity contribution in [3.05, 3.63) is 24.3 Å². The van der Waals surface area contributed by atoms with Gasteiger partial charge in [0.2, 0.25) is 0 Å². The molecular weight excluding hydrogens is 648 g/mol. The standard InChI is InChI=1S/C46H84O6/c1-4-6-30-36-43(47)37-32-27-23-19-17-21-25-29-34-39-46(50)52-41-44(48)40-51-45(49)38-33-28-24-20-16-14-12-10-8-7-9-11-13-15-18-22-26-31-35-42(3)5-2/h23,27,32,37,42,44,48H,4-22,24-26,28-31,33-36,38-41H2,1-3H3/b27-23-,37-32+/t42?,44-/m0/s1. The number of aliphatic hydroxyl groups is 1. The zero-order chi connectivity index (χ0) is 38.2. The van der Waals surface area contributed by atoms with Crippen molar-refractivity contribution in [2.45, 2.75) is 232 Å². The second-order valence-electron chi connectivity index (χ2n) is 15.5. The molecule has 0 saturated carbocycles. The lowest BCUT2D eigenvalue weighted by Gasteiger charge is -2.12. The third kappa shape index (κ3) is 39.3. The Kier molecular flexibility index (Phi) is 38.7. The highest BCUT2D eigenvalue weighted by Crippen LogP contribution is 2.17. The second-order valence-corrected chi connectivity index (χ2v) is 15.5. The van der Waals surface area contributed by atoms with Gasteiger partial charge in [-0.3, -0.25) is 14.4 Å². The van der Waals surface area contributed by atoms with Gasteiger partial charge in [0.1, 0.15) is 19.3 Å². The fourth-order valence-electron chi connectivity index (χ4n) is 6.40. The fourth-order valence-corrected chi connectivity index (χ4v) is 6.40. The van der Waals surface area contributed by atoms with Gasteiger partial charge in [-0.15, -0.1) is 0 Å². The molecule has 0 fully saturated rings. The fraction of sp³-hybridized carbons (Fsp3) is 0.848. The molecule has 6 heteroatoms. The highest BCUT2D eigenvalue weighted by molar-refractivity contribution is 5.89. The Bertz CT molecular complexity index is 865. The third-order valence-electron chi connectivity index (χ3n) is 10.2. The van der Waals surface area contributed by atoms with Gasteiger partial charge in [0.15, 0.2) is 5.78 Å². The Morgan fingerprint density at radius 2 is 0.923 bits per heavy atom. The predicted molar refractivity (Wildman–Crippen MR) is 219 cm³/mol. The van der Waals surface area contributed by atoms with Crippen LogP contribution in [0.4, 0.5) is 0 Å². The van der Waals surface area contributed by atoms with E-state index in [9.17, 15) is 19.5 Å². The van der Waals surface area contributed by atoms with Gasteiger partial charge in [-0.25, -0.2) is 0 Å². The first-order chi connectivity index (χ1) is 25.4. The Morgan fingerprint density at radius 1 is 0.519 bits per heavy atom. The van der Waals surface area contributed by atoms with Crippen molar-refractivity contribution in [3.8, 4) is 0 Å². The summed E-state index contributed by atoms with van der Waals surface area (Å²) in [4.78, 5) is 35.7. The van der Waals surface area contributed by atoms with Gasteiger partial charge in [-0.2, -0.15) is 0 Å². The lowest BCUT2D eigenvalue weighted by atomic mass is 9.99. The molecule has 0 amide bonds. The zero-order valence-corrected chi connectivity index (χ0v) is 34.5. The number of hydrogen-bond acceptors (Lipinski definition) is 6. The minimum absolute atomic E-state index is 0.135. The second kappa shape index (κ2) is 40.2. The number of carbonyl (C=O) groups is 3. The van der Waals surface area contributed by atoms with Crippen LogP contribution in [0.2, 0.25) is 0 Å². The summed E-state index contributed by atoms with van der Waals surface area (Å²) in [5.74, 6) is 0.496. The van der Waals surface area contributed by atoms with Crippen molar-refractivity contribution < 1.29 is 29.0 Å². The molecule has 0 bridgehead atoms. The predicted octanol–water partition coefficient (Wildman–Crippen LogP) is 13.3. The molecule has 52 heavy (non-hydrogen) atoms. The van der Waals surface area contributed by atoms with E-state index >= 15 is 0 Å². The van der Waals surface area contributed by atoms with E-state index in [-0.39, 0.29) is 30.9 Å². The maximum Gasteiger partial charge on any atom is 0.305 e. The molecule has 0 spiro atoms. The van der Waals surface area contributed by atoms with Crippen LogP contribution in [0.3, 0.4) is 0 Å². The average molecular weight is 733 g/mol. The number of allylic oxidation sites excluding steroid dienone is 4. The van der Waals surface area contributed by atoms with Gasteiger partial charge >= 0.3 is 11.9 Å². The molecule has 0 aromatic rings. The van der Waals surface area contributed by atoms with Crippen LogP contribution in [-0.2, 0) is 23.9 Å². The van der Waals surface area contributed by atoms with E-state index in [4.69, 9.17) is 9.47 Å². The van der Waals surface area contributed by atoms with Gasteiger partial charge in [-0.05, 0) is 44.1 Å². The van der Waals surface area contributed by atoms with Crippen LogP contribution >= 0.6 is 0 Å². The number of carbonyl (C=O) groups excluding carboxylic acids is 3. The lowest BCUT2D eigenvalue weighted by Crippen LogP contribution is -2.25. The Balaban J connectivity index is 3.44. The molecule has 0 heterocycles. The molecule has 0 rings (SSSR count). The molecule has 0 aliphatic rings. The maximum atomic E-state index is 12.0. The highest BCUT2D eigenvalue weighted by atomic mass is 16.6. The summed E-state index contributed by atoms with van der Waals surface area (Å²) in [7, 11) is 0. The Labute approximate surface area is 321 Å². The van der Waals surface area contributed by atoms with Gasteiger partial charge in [0.25, 0.3) is 0 Å². The number of ketones is 1. The quantitative estimate of drug-likeness (QED) is 0.0292. The van der Waals surface area contributed by atoms with E-state index in [0.717, 1.165) is 83.0 Å². The van der Waals surface area contributed by atoms with Crippen LogP contribution in [0, 0.1) is 5.92 Å². The van der Waals surface area contributed by atoms with Gasteiger partial charge < -0.3 is 14.6 Å². The third-order valence-corrected chi connectivity index (χ3v) is 10.2. The Hall–Kier alpha value is -1.95. The van der Waals surface area contributed by atoms with Crippen LogP contribution in [0.15, 0.2) is 24.3 Å². The van der Waals surface area contributed by atoms with E-state index < -0.39 is 6.10 Å². The van der Waals surface area contributed by atoms with Crippen molar-refractivity contribution in [2.24, 2.45) is 5.92 Å². The lowest BCUT2D eigenvalue weighted by molar-refractivity contribution is -0.152. The number of esters is 2. The minimum Gasteiger partial charge on any atom is -0.463 e. The van der Waals surface area contributed by atoms with Crippen LogP contribution in [0.5, 0.6) is 0 Å². The SMILES string of the molecule is CCCCCC(=O)/C=C/C=C\CCCCCCCC(=O)OC[C@@H](O)COC(=O)CCCCCCCCCCCCCCCCCCCCC(C)CC. The molecule has 0 aliphatic heterocycles.